The van der Waals surface area contributed by atoms with Crippen LogP contribution < -0.4 is 5.73 Å². The van der Waals surface area contributed by atoms with Crippen LogP contribution in [0.4, 0.5) is 0 Å². The van der Waals surface area contributed by atoms with Crippen LogP contribution in [0.2, 0.25) is 0 Å². The fraction of sp³-hybridized carbons (Fsp3) is 0.625. The summed E-state index contributed by atoms with van der Waals surface area (Å²) in [5.41, 5.74) is 6.78. The Bertz CT molecular complexity index is 282. The van der Waals surface area contributed by atoms with Gasteiger partial charge >= 0.3 is 0 Å². The molecule has 3 nitrogen and oxygen atoms in total. The van der Waals surface area contributed by atoms with E-state index in [1.807, 2.05) is 0 Å². The lowest BCUT2D eigenvalue weighted by molar-refractivity contribution is 0.310. The molecule has 1 aromatic rings. The quantitative estimate of drug-likeness (QED) is 0.693. The predicted molar refractivity (Wildman–Crippen MR) is 50.0 cm³/mol. The minimum absolute atomic E-state index is 0.585. The van der Waals surface area contributed by atoms with Crippen LogP contribution in [0, 0.1) is 0 Å². The summed E-state index contributed by atoms with van der Waals surface area (Å²) in [5.74, 6) is 0. The van der Waals surface area contributed by atoms with Crippen LogP contribution in [0.25, 0.3) is 0 Å². The molecule has 0 atom stereocenters. The number of rotatable bonds is 1. The van der Waals surface area contributed by atoms with Crippen molar-refractivity contribution >= 4 is 11.3 Å². The van der Waals surface area contributed by atoms with Gasteiger partial charge in [0.2, 0.25) is 0 Å². The van der Waals surface area contributed by atoms with Crippen molar-refractivity contribution in [1.29, 1.82) is 0 Å². The van der Waals surface area contributed by atoms with Crippen molar-refractivity contribution in [2.24, 2.45) is 5.73 Å². The van der Waals surface area contributed by atoms with E-state index in [1.54, 1.807) is 11.3 Å². The Labute approximate surface area is 76.2 Å². The fourth-order valence-corrected chi connectivity index (χ4v) is 2.42. The van der Waals surface area contributed by atoms with Gasteiger partial charge in [0.05, 0.1) is 5.69 Å². The Balaban J connectivity index is 2.28. The smallest absolute Gasteiger partial charge is 0.107 e. The lowest BCUT2D eigenvalue weighted by Gasteiger charge is -2.20. The zero-order valence-corrected chi connectivity index (χ0v) is 8.02. The second-order valence-corrected chi connectivity index (χ2v) is 4.34. The van der Waals surface area contributed by atoms with E-state index >= 15 is 0 Å². The summed E-state index contributed by atoms with van der Waals surface area (Å²) in [6.07, 6.45) is 1.14. The second kappa shape index (κ2) is 3.12. The van der Waals surface area contributed by atoms with E-state index in [0.29, 0.717) is 6.54 Å². The van der Waals surface area contributed by atoms with Crippen molar-refractivity contribution in [2.75, 3.05) is 13.6 Å². The molecule has 0 saturated carbocycles. The first-order valence-electron chi connectivity index (χ1n) is 4.15. The first-order chi connectivity index (χ1) is 5.79. The van der Waals surface area contributed by atoms with Gasteiger partial charge in [-0.15, -0.1) is 11.3 Å². The topological polar surface area (TPSA) is 42.1 Å². The number of fused-ring (bicyclic) bond motifs is 1. The molecule has 0 bridgehead atoms. The first kappa shape index (κ1) is 8.16. The van der Waals surface area contributed by atoms with Crippen LogP contribution in [0.5, 0.6) is 0 Å². The monoisotopic (exact) mass is 183 g/mol. The second-order valence-electron chi connectivity index (χ2n) is 3.17. The minimum Gasteiger partial charge on any atom is -0.325 e. The number of likely N-dealkylation sites (N-methyl/N-ethyl adjacent to an activating group) is 1. The summed E-state index contributed by atoms with van der Waals surface area (Å²) < 4.78 is 0. The summed E-state index contributed by atoms with van der Waals surface area (Å²) in [5, 5.41) is 1.08. The number of aromatic nitrogens is 1. The fourth-order valence-electron chi connectivity index (χ4n) is 1.47. The van der Waals surface area contributed by atoms with E-state index in [2.05, 4.69) is 16.9 Å². The normalized spacial score (nSPS) is 17.8. The zero-order chi connectivity index (χ0) is 8.55. The molecule has 0 radical (unpaired) electrons. The average molecular weight is 183 g/mol. The Morgan fingerprint density at radius 1 is 1.67 bits per heavy atom. The molecule has 0 aromatic carbocycles. The van der Waals surface area contributed by atoms with Gasteiger partial charge in [-0.1, -0.05) is 0 Å². The maximum absolute atomic E-state index is 5.53. The molecule has 4 heteroatoms. The molecule has 66 valence electrons. The van der Waals surface area contributed by atoms with Crippen LogP contribution in [-0.2, 0) is 19.5 Å². The van der Waals surface area contributed by atoms with Crippen molar-refractivity contribution in [3.8, 4) is 0 Å². The Hall–Kier alpha value is -0.450. The first-order valence-corrected chi connectivity index (χ1v) is 4.97. The lowest BCUT2D eigenvalue weighted by atomic mass is 10.2. The Kier molecular flexibility index (Phi) is 2.12. The molecule has 1 aliphatic heterocycles. The highest BCUT2D eigenvalue weighted by Gasteiger charge is 2.17. The van der Waals surface area contributed by atoms with Gasteiger partial charge in [-0.3, -0.25) is 0 Å². The van der Waals surface area contributed by atoms with E-state index in [-0.39, 0.29) is 0 Å². The highest BCUT2D eigenvalue weighted by molar-refractivity contribution is 7.11. The summed E-state index contributed by atoms with van der Waals surface area (Å²) in [6, 6.07) is 0. The molecule has 0 saturated heterocycles. The molecule has 2 rings (SSSR count). The molecule has 1 aliphatic rings. The van der Waals surface area contributed by atoms with Crippen molar-refractivity contribution in [1.82, 2.24) is 9.88 Å². The molecular weight excluding hydrogens is 170 g/mol. The van der Waals surface area contributed by atoms with Crippen LogP contribution >= 0.6 is 11.3 Å². The molecule has 1 aromatic heterocycles. The number of nitrogens with zero attached hydrogens (tertiary/aromatic N) is 2. The van der Waals surface area contributed by atoms with E-state index in [9.17, 15) is 0 Å². The predicted octanol–water partition coefficient (Wildman–Crippen LogP) is 0.590. The maximum Gasteiger partial charge on any atom is 0.107 e. The average Bonchev–Trinajstić information content (AvgIpc) is 2.46. The van der Waals surface area contributed by atoms with Gasteiger partial charge in [0.1, 0.15) is 5.01 Å². The summed E-state index contributed by atoms with van der Waals surface area (Å²) in [7, 11) is 2.13. The molecular formula is C8H13N3S. The van der Waals surface area contributed by atoms with Gasteiger partial charge in [0.25, 0.3) is 0 Å². The van der Waals surface area contributed by atoms with Gasteiger partial charge in [-0.2, -0.15) is 0 Å². The van der Waals surface area contributed by atoms with Crippen LogP contribution in [0.1, 0.15) is 15.6 Å². The molecule has 0 amide bonds. The summed E-state index contributed by atoms with van der Waals surface area (Å²) >= 11 is 1.77. The number of hydrogen-bond donors (Lipinski definition) is 1. The van der Waals surface area contributed by atoms with Gasteiger partial charge in [-0.05, 0) is 13.5 Å². The van der Waals surface area contributed by atoms with Gasteiger partial charge in [0.15, 0.2) is 0 Å². The van der Waals surface area contributed by atoms with Crippen LogP contribution in [0.15, 0.2) is 0 Å². The highest BCUT2D eigenvalue weighted by Crippen LogP contribution is 2.23. The van der Waals surface area contributed by atoms with Crippen LogP contribution in [-0.4, -0.2) is 23.5 Å². The SMILES string of the molecule is CN1CCc2sc(CN)nc2C1. The van der Waals surface area contributed by atoms with E-state index in [1.165, 1.54) is 10.6 Å². The lowest BCUT2D eigenvalue weighted by Crippen LogP contribution is -2.25. The van der Waals surface area contributed by atoms with Crippen molar-refractivity contribution in [2.45, 2.75) is 19.5 Å². The maximum atomic E-state index is 5.53. The highest BCUT2D eigenvalue weighted by atomic mass is 32.1. The van der Waals surface area contributed by atoms with Crippen LogP contribution in [0.3, 0.4) is 0 Å². The molecule has 0 fully saturated rings. The molecule has 0 unspecified atom stereocenters. The van der Waals surface area contributed by atoms with Crippen molar-refractivity contribution in [3.63, 3.8) is 0 Å². The van der Waals surface area contributed by atoms with Crippen molar-refractivity contribution < 1.29 is 0 Å². The molecule has 0 spiro atoms. The Morgan fingerprint density at radius 3 is 3.25 bits per heavy atom. The van der Waals surface area contributed by atoms with Crippen molar-refractivity contribution in [3.05, 3.63) is 15.6 Å². The third-order valence-electron chi connectivity index (χ3n) is 2.14. The third-order valence-corrected chi connectivity index (χ3v) is 3.32. The number of nitrogens with two attached hydrogens (primary N) is 1. The molecule has 12 heavy (non-hydrogen) atoms. The zero-order valence-electron chi connectivity index (χ0n) is 7.21. The Morgan fingerprint density at radius 2 is 2.50 bits per heavy atom. The number of thiazole rings is 1. The molecule has 2 N–H and O–H groups in total. The minimum atomic E-state index is 0.585. The van der Waals surface area contributed by atoms with Gasteiger partial charge < -0.3 is 10.6 Å². The van der Waals surface area contributed by atoms with E-state index in [4.69, 9.17) is 5.73 Å². The summed E-state index contributed by atoms with van der Waals surface area (Å²) in [6.45, 7) is 2.73. The largest absolute Gasteiger partial charge is 0.325 e. The van der Waals surface area contributed by atoms with Gasteiger partial charge in [-0.25, -0.2) is 4.98 Å². The van der Waals surface area contributed by atoms with E-state index < -0.39 is 0 Å². The third kappa shape index (κ3) is 1.37. The molecule has 2 heterocycles. The molecule has 0 aliphatic carbocycles. The van der Waals surface area contributed by atoms with Gasteiger partial charge in [0, 0.05) is 24.5 Å². The standard InChI is InChI=1S/C8H13N3S/c1-11-3-2-7-6(5-11)10-8(4-9)12-7/h2-5,9H2,1H3. The van der Waals surface area contributed by atoms with E-state index in [0.717, 1.165) is 24.5 Å². The summed E-state index contributed by atoms with van der Waals surface area (Å²) in [4.78, 5) is 8.20. The number of hydrogen-bond acceptors (Lipinski definition) is 4.